The number of halogens is 1. The molecule has 0 saturated carbocycles. The van der Waals surface area contributed by atoms with E-state index < -0.39 is 21.8 Å². The summed E-state index contributed by atoms with van der Waals surface area (Å²) in [5.41, 5.74) is 2.23. The summed E-state index contributed by atoms with van der Waals surface area (Å²) in [6, 6.07) is 10.5. The predicted molar refractivity (Wildman–Crippen MR) is 106 cm³/mol. The number of thiazole rings is 1. The van der Waals surface area contributed by atoms with Crippen LogP contribution in [0.4, 0.5) is 4.39 Å². The smallest absolute Gasteiger partial charge is 0.355 e. The highest BCUT2D eigenvalue weighted by atomic mass is 32.2. The van der Waals surface area contributed by atoms with Crippen LogP contribution in [0.2, 0.25) is 0 Å². The lowest BCUT2D eigenvalue weighted by Gasteiger charge is -2.03. The summed E-state index contributed by atoms with van der Waals surface area (Å²) in [6.45, 7) is 0. The van der Waals surface area contributed by atoms with Crippen LogP contribution < -0.4 is 5.14 Å². The van der Waals surface area contributed by atoms with Gasteiger partial charge in [-0.2, -0.15) is 0 Å². The summed E-state index contributed by atoms with van der Waals surface area (Å²) in [4.78, 5) is 15.3. The van der Waals surface area contributed by atoms with E-state index in [1.165, 1.54) is 41.0 Å². The number of aromatic carboxylic acids is 1. The minimum Gasteiger partial charge on any atom is -0.476 e. The third-order valence-electron chi connectivity index (χ3n) is 4.41. The van der Waals surface area contributed by atoms with Crippen molar-refractivity contribution in [1.82, 2.24) is 9.55 Å². The number of carbonyl (C=O) groups is 1. The number of fused-ring (bicyclic) bond motifs is 1. The second-order valence-corrected chi connectivity index (χ2v) is 8.77. The second-order valence-electron chi connectivity index (χ2n) is 6.37. The average molecular weight is 431 g/mol. The molecule has 3 N–H and O–H groups in total. The molecule has 4 aromatic rings. The van der Waals surface area contributed by atoms with Crippen molar-refractivity contribution < 1.29 is 22.7 Å². The van der Waals surface area contributed by atoms with Crippen molar-refractivity contribution in [2.75, 3.05) is 0 Å². The Bertz CT molecular complexity index is 1340. The number of hydrogen-bond acceptors (Lipinski definition) is 5. The molecule has 7 nitrogen and oxygen atoms in total. The Labute approximate surface area is 168 Å². The van der Waals surface area contributed by atoms with Gasteiger partial charge in [-0.15, -0.1) is 11.3 Å². The van der Waals surface area contributed by atoms with E-state index in [0.717, 1.165) is 11.1 Å². The summed E-state index contributed by atoms with van der Waals surface area (Å²) in [5, 5.41) is 16.8. The van der Waals surface area contributed by atoms with Crippen LogP contribution >= 0.6 is 11.3 Å². The van der Waals surface area contributed by atoms with Gasteiger partial charge in [0, 0.05) is 17.0 Å². The molecule has 0 saturated heterocycles. The van der Waals surface area contributed by atoms with Gasteiger partial charge in [-0.1, -0.05) is 12.1 Å². The standard InChI is InChI=1S/C19H14FN3O4S2/c20-13-3-6-17-15(8-13)12(7-11-1-4-14(5-2-11)29(21,26)27)9-23(17)19-22-16(10-28-19)18(24)25/h1-6,8-10H,7H2,(H,24,25)(H2,21,26,27). The fraction of sp³-hybridized carbons (Fsp3) is 0.0526. The van der Waals surface area contributed by atoms with E-state index in [4.69, 9.17) is 10.2 Å². The Kier molecular flexibility index (Phi) is 4.69. The van der Waals surface area contributed by atoms with Crippen molar-refractivity contribution in [2.45, 2.75) is 11.3 Å². The molecule has 0 unspecified atom stereocenters. The molecule has 148 valence electrons. The number of benzene rings is 2. The molecule has 0 spiro atoms. The zero-order chi connectivity index (χ0) is 20.8. The molecule has 0 aliphatic heterocycles. The first kappa shape index (κ1) is 19.2. The summed E-state index contributed by atoms with van der Waals surface area (Å²) >= 11 is 1.17. The molecule has 29 heavy (non-hydrogen) atoms. The van der Waals surface area contributed by atoms with Gasteiger partial charge in [0.15, 0.2) is 10.8 Å². The molecule has 0 radical (unpaired) electrons. The third kappa shape index (κ3) is 3.77. The average Bonchev–Trinajstić information content (AvgIpc) is 3.27. The van der Waals surface area contributed by atoms with E-state index >= 15 is 0 Å². The number of sulfonamides is 1. The van der Waals surface area contributed by atoms with Crippen molar-refractivity contribution >= 4 is 38.2 Å². The molecule has 0 fully saturated rings. The van der Waals surface area contributed by atoms with Crippen LogP contribution in [0.25, 0.3) is 16.0 Å². The zero-order valence-corrected chi connectivity index (χ0v) is 16.4. The first-order chi connectivity index (χ1) is 13.7. The highest BCUT2D eigenvalue weighted by Gasteiger charge is 2.16. The highest BCUT2D eigenvalue weighted by molar-refractivity contribution is 7.89. The number of aromatic nitrogens is 2. The number of primary sulfonamides is 1. The molecule has 0 aliphatic carbocycles. The van der Waals surface area contributed by atoms with Crippen molar-refractivity contribution in [1.29, 1.82) is 0 Å². The van der Waals surface area contributed by atoms with Gasteiger partial charge in [0.2, 0.25) is 10.0 Å². The molecule has 10 heteroatoms. The van der Waals surface area contributed by atoms with E-state index in [0.29, 0.717) is 22.5 Å². The van der Waals surface area contributed by atoms with Crippen molar-refractivity contribution in [3.63, 3.8) is 0 Å². The van der Waals surface area contributed by atoms with E-state index in [-0.39, 0.29) is 10.6 Å². The molecule has 0 bridgehead atoms. The Morgan fingerprint density at radius 3 is 2.55 bits per heavy atom. The normalized spacial score (nSPS) is 11.8. The fourth-order valence-corrected chi connectivity index (χ4v) is 4.36. The van der Waals surface area contributed by atoms with Gasteiger partial charge in [0.05, 0.1) is 10.4 Å². The van der Waals surface area contributed by atoms with Gasteiger partial charge in [-0.05, 0) is 47.9 Å². The molecular weight excluding hydrogens is 417 g/mol. The second kappa shape index (κ2) is 7.07. The number of carboxylic acid groups (broad SMARTS) is 1. The van der Waals surface area contributed by atoms with Gasteiger partial charge < -0.3 is 5.11 Å². The number of nitrogens with two attached hydrogens (primary N) is 1. The Hall–Kier alpha value is -3.08. The number of rotatable bonds is 5. The minimum atomic E-state index is -3.78. The molecule has 4 rings (SSSR count). The van der Waals surface area contributed by atoms with Crippen molar-refractivity contribution in [3.8, 4) is 5.13 Å². The van der Waals surface area contributed by atoms with Crippen LogP contribution in [0.15, 0.2) is 58.9 Å². The monoisotopic (exact) mass is 431 g/mol. The quantitative estimate of drug-likeness (QED) is 0.504. The molecule has 2 aromatic heterocycles. The molecular formula is C19H14FN3O4S2. The maximum Gasteiger partial charge on any atom is 0.355 e. The SMILES string of the molecule is NS(=O)(=O)c1ccc(Cc2cn(-c3nc(C(=O)O)cs3)c3ccc(F)cc23)cc1. The molecule has 2 heterocycles. The number of hydrogen-bond donors (Lipinski definition) is 2. The van der Waals surface area contributed by atoms with Gasteiger partial charge in [-0.25, -0.2) is 27.7 Å². The first-order valence-corrected chi connectivity index (χ1v) is 10.8. The molecule has 2 aromatic carbocycles. The van der Waals surface area contributed by atoms with Crippen LogP contribution in [-0.4, -0.2) is 29.0 Å². The van der Waals surface area contributed by atoms with Crippen molar-refractivity contribution in [2.24, 2.45) is 5.14 Å². The van der Waals surface area contributed by atoms with E-state index in [1.54, 1.807) is 29.0 Å². The number of nitrogens with zero attached hydrogens (tertiary/aromatic N) is 2. The predicted octanol–water partition coefficient (Wildman–Crippen LogP) is 3.16. The van der Waals surface area contributed by atoms with Gasteiger partial charge >= 0.3 is 5.97 Å². The zero-order valence-electron chi connectivity index (χ0n) is 14.7. The van der Waals surface area contributed by atoms with Crippen LogP contribution in [0, 0.1) is 5.82 Å². The topological polar surface area (TPSA) is 115 Å². The number of carboxylic acids is 1. The third-order valence-corrected chi connectivity index (χ3v) is 6.18. The lowest BCUT2D eigenvalue weighted by molar-refractivity contribution is 0.0691. The maximum absolute atomic E-state index is 13.9. The molecule has 0 aliphatic rings. The van der Waals surface area contributed by atoms with Crippen LogP contribution in [0.5, 0.6) is 0 Å². The lowest BCUT2D eigenvalue weighted by atomic mass is 10.0. The van der Waals surface area contributed by atoms with Crippen LogP contribution in [0.3, 0.4) is 0 Å². The first-order valence-electron chi connectivity index (χ1n) is 8.33. The Balaban J connectivity index is 1.78. The van der Waals surface area contributed by atoms with Gasteiger partial charge in [-0.3, -0.25) is 4.57 Å². The molecule has 0 amide bonds. The van der Waals surface area contributed by atoms with E-state index in [1.807, 2.05) is 0 Å². The van der Waals surface area contributed by atoms with E-state index in [2.05, 4.69) is 4.98 Å². The van der Waals surface area contributed by atoms with Crippen LogP contribution in [-0.2, 0) is 16.4 Å². The maximum atomic E-state index is 13.9. The Morgan fingerprint density at radius 2 is 1.93 bits per heavy atom. The molecule has 0 atom stereocenters. The minimum absolute atomic E-state index is 0.0127. The van der Waals surface area contributed by atoms with E-state index in [9.17, 15) is 17.6 Å². The van der Waals surface area contributed by atoms with Gasteiger partial charge in [0.25, 0.3) is 0 Å². The summed E-state index contributed by atoms with van der Waals surface area (Å²) < 4.78 is 38.4. The van der Waals surface area contributed by atoms with Crippen LogP contribution in [0.1, 0.15) is 21.6 Å². The lowest BCUT2D eigenvalue weighted by Crippen LogP contribution is -2.11. The summed E-state index contributed by atoms with van der Waals surface area (Å²) in [7, 11) is -3.78. The van der Waals surface area contributed by atoms with Crippen molar-refractivity contribution in [3.05, 3.63) is 76.7 Å². The summed E-state index contributed by atoms with van der Waals surface area (Å²) in [6.07, 6.45) is 2.19. The Morgan fingerprint density at radius 1 is 1.21 bits per heavy atom. The fourth-order valence-electron chi connectivity index (χ4n) is 3.06. The highest BCUT2D eigenvalue weighted by Crippen LogP contribution is 2.29. The van der Waals surface area contributed by atoms with Gasteiger partial charge in [0.1, 0.15) is 5.82 Å². The summed E-state index contributed by atoms with van der Waals surface area (Å²) in [5.74, 6) is -1.52. The largest absolute Gasteiger partial charge is 0.476 e.